The molecular weight excluding hydrogens is 361 g/mol. The summed E-state index contributed by atoms with van der Waals surface area (Å²) >= 11 is 0. The molecule has 0 aliphatic carbocycles. The highest BCUT2D eigenvalue weighted by Gasteiger charge is 2.20. The van der Waals surface area contributed by atoms with Crippen LogP contribution in [-0.4, -0.2) is 45.2 Å². The van der Waals surface area contributed by atoms with Crippen LogP contribution in [-0.2, 0) is 4.74 Å². The van der Waals surface area contributed by atoms with E-state index in [2.05, 4.69) is 15.5 Å². The molecule has 0 radical (unpaired) electrons. The lowest BCUT2D eigenvalue weighted by molar-refractivity contribution is 0.0936. The standard InChI is InChI=1S/C21H24FN3O3/c1-28-12-9-23-21(27)18-14-17(7-8-19(18)25-10-2-3-11-25)24-20(26)15-5-4-6-16(22)13-15/h4-8,13-14H,2-3,9-12H2,1H3,(H,23,27)(H,24,26). The molecule has 2 aromatic rings. The van der Waals surface area contributed by atoms with Crippen LogP contribution in [0.15, 0.2) is 42.5 Å². The third-order valence-electron chi connectivity index (χ3n) is 4.62. The van der Waals surface area contributed by atoms with Crippen molar-refractivity contribution in [2.75, 3.05) is 43.6 Å². The van der Waals surface area contributed by atoms with E-state index < -0.39 is 11.7 Å². The van der Waals surface area contributed by atoms with E-state index in [1.807, 2.05) is 6.07 Å². The summed E-state index contributed by atoms with van der Waals surface area (Å²) in [5, 5.41) is 5.57. The van der Waals surface area contributed by atoms with E-state index in [0.29, 0.717) is 24.4 Å². The maximum atomic E-state index is 13.4. The number of halogens is 1. The molecule has 1 heterocycles. The van der Waals surface area contributed by atoms with Crippen LogP contribution in [0.4, 0.5) is 15.8 Å². The summed E-state index contributed by atoms with van der Waals surface area (Å²) < 4.78 is 18.3. The predicted molar refractivity (Wildman–Crippen MR) is 106 cm³/mol. The van der Waals surface area contributed by atoms with Crippen LogP contribution in [0.2, 0.25) is 0 Å². The van der Waals surface area contributed by atoms with Gasteiger partial charge in [-0.25, -0.2) is 4.39 Å². The van der Waals surface area contributed by atoms with Gasteiger partial charge in [-0.05, 0) is 49.2 Å². The normalized spacial score (nSPS) is 13.4. The second-order valence-electron chi connectivity index (χ2n) is 6.64. The summed E-state index contributed by atoms with van der Waals surface area (Å²) in [6.07, 6.45) is 2.17. The summed E-state index contributed by atoms with van der Waals surface area (Å²) in [7, 11) is 1.57. The summed E-state index contributed by atoms with van der Waals surface area (Å²) in [6, 6.07) is 10.7. The Balaban J connectivity index is 1.82. The van der Waals surface area contributed by atoms with Crippen molar-refractivity contribution in [2.24, 2.45) is 0 Å². The number of carbonyl (C=O) groups is 2. The molecule has 6 nitrogen and oxygen atoms in total. The van der Waals surface area contributed by atoms with Crippen molar-refractivity contribution in [1.29, 1.82) is 0 Å². The molecule has 0 aromatic heterocycles. The van der Waals surface area contributed by atoms with Crippen molar-refractivity contribution in [1.82, 2.24) is 5.32 Å². The molecule has 1 aliphatic rings. The van der Waals surface area contributed by atoms with Crippen LogP contribution in [0.1, 0.15) is 33.6 Å². The second-order valence-corrected chi connectivity index (χ2v) is 6.64. The molecule has 0 atom stereocenters. The molecule has 0 unspecified atom stereocenters. The molecule has 2 amide bonds. The van der Waals surface area contributed by atoms with E-state index >= 15 is 0 Å². The van der Waals surface area contributed by atoms with Gasteiger partial charge in [0, 0.05) is 43.7 Å². The minimum atomic E-state index is -0.477. The van der Waals surface area contributed by atoms with Gasteiger partial charge in [-0.3, -0.25) is 9.59 Å². The minimum absolute atomic E-state index is 0.217. The van der Waals surface area contributed by atoms with Gasteiger partial charge in [-0.1, -0.05) is 6.07 Å². The largest absolute Gasteiger partial charge is 0.383 e. The first-order chi connectivity index (χ1) is 13.6. The van der Waals surface area contributed by atoms with Gasteiger partial charge >= 0.3 is 0 Å². The Bertz CT molecular complexity index is 851. The molecule has 0 bridgehead atoms. The van der Waals surface area contributed by atoms with Crippen molar-refractivity contribution < 1.29 is 18.7 Å². The average Bonchev–Trinajstić information content (AvgIpc) is 3.22. The van der Waals surface area contributed by atoms with E-state index in [9.17, 15) is 14.0 Å². The number of amides is 2. The van der Waals surface area contributed by atoms with Crippen LogP contribution >= 0.6 is 0 Å². The fraction of sp³-hybridized carbons (Fsp3) is 0.333. The number of carbonyl (C=O) groups excluding carboxylic acids is 2. The van der Waals surface area contributed by atoms with Gasteiger partial charge in [0.25, 0.3) is 11.8 Å². The van der Waals surface area contributed by atoms with Gasteiger partial charge in [0.1, 0.15) is 5.82 Å². The lowest BCUT2D eigenvalue weighted by Crippen LogP contribution is -2.30. The Morgan fingerprint density at radius 3 is 2.61 bits per heavy atom. The number of nitrogens with one attached hydrogen (secondary N) is 2. The van der Waals surface area contributed by atoms with Gasteiger partial charge in [0.15, 0.2) is 0 Å². The monoisotopic (exact) mass is 385 g/mol. The number of anilines is 2. The van der Waals surface area contributed by atoms with Crippen molar-refractivity contribution in [2.45, 2.75) is 12.8 Å². The maximum absolute atomic E-state index is 13.4. The quantitative estimate of drug-likeness (QED) is 0.719. The van der Waals surface area contributed by atoms with E-state index in [-0.39, 0.29) is 11.5 Å². The molecule has 0 saturated carbocycles. The highest BCUT2D eigenvalue weighted by Crippen LogP contribution is 2.28. The fourth-order valence-corrected chi connectivity index (χ4v) is 3.22. The zero-order chi connectivity index (χ0) is 19.9. The Kier molecular flexibility index (Phi) is 6.60. The zero-order valence-corrected chi connectivity index (χ0v) is 15.8. The molecule has 1 fully saturated rings. The van der Waals surface area contributed by atoms with Crippen LogP contribution in [0, 0.1) is 5.82 Å². The molecule has 2 N–H and O–H groups in total. The molecule has 7 heteroatoms. The van der Waals surface area contributed by atoms with Gasteiger partial charge in [-0.15, -0.1) is 0 Å². The van der Waals surface area contributed by atoms with E-state index in [4.69, 9.17) is 4.74 Å². The zero-order valence-electron chi connectivity index (χ0n) is 15.8. The molecule has 3 rings (SSSR count). The van der Waals surface area contributed by atoms with Gasteiger partial charge in [0.2, 0.25) is 0 Å². The van der Waals surface area contributed by atoms with Crippen molar-refractivity contribution in [3.8, 4) is 0 Å². The summed E-state index contributed by atoms with van der Waals surface area (Å²) in [6.45, 7) is 2.61. The van der Waals surface area contributed by atoms with Gasteiger partial charge in [-0.2, -0.15) is 0 Å². The van der Waals surface area contributed by atoms with Crippen LogP contribution in [0.5, 0.6) is 0 Å². The number of methoxy groups -OCH3 is 1. The predicted octanol–water partition coefficient (Wildman–Crippen LogP) is 3.05. The van der Waals surface area contributed by atoms with Gasteiger partial charge < -0.3 is 20.3 Å². The molecular formula is C21H24FN3O3. The Morgan fingerprint density at radius 2 is 1.89 bits per heavy atom. The third kappa shape index (κ3) is 4.86. The van der Waals surface area contributed by atoms with Crippen LogP contribution < -0.4 is 15.5 Å². The Hall–Kier alpha value is -2.93. The first kappa shape index (κ1) is 19.8. The molecule has 1 saturated heterocycles. The van der Waals surface area contributed by atoms with Gasteiger partial charge in [0.05, 0.1) is 12.2 Å². The first-order valence-corrected chi connectivity index (χ1v) is 9.31. The number of nitrogens with zero attached hydrogens (tertiary/aromatic N) is 1. The van der Waals surface area contributed by atoms with Crippen LogP contribution in [0.3, 0.4) is 0 Å². The highest BCUT2D eigenvalue weighted by molar-refractivity contribution is 6.06. The van der Waals surface area contributed by atoms with E-state index in [1.165, 1.54) is 24.3 Å². The van der Waals surface area contributed by atoms with E-state index in [1.54, 1.807) is 19.2 Å². The third-order valence-corrected chi connectivity index (χ3v) is 4.62. The lowest BCUT2D eigenvalue weighted by Gasteiger charge is -2.22. The second kappa shape index (κ2) is 9.32. The Labute approximate surface area is 163 Å². The smallest absolute Gasteiger partial charge is 0.255 e. The maximum Gasteiger partial charge on any atom is 0.255 e. The fourth-order valence-electron chi connectivity index (χ4n) is 3.22. The molecule has 148 valence electrons. The van der Waals surface area contributed by atoms with E-state index in [0.717, 1.165) is 31.6 Å². The molecule has 1 aliphatic heterocycles. The van der Waals surface area contributed by atoms with Crippen molar-refractivity contribution in [3.05, 3.63) is 59.4 Å². The average molecular weight is 385 g/mol. The number of benzene rings is 2. The minimum Gasteiger partial charge on any atom is -0.383 e. The number of ether oxygens (including phenoxy) is 1. The first-order valence-electron chi connectivity index (χ1n) is 9.31. The summed E-state index contributed by atoms with van der Waals surface area (Å²) in [4.78, 5) is 27.3. The number of hydrogen-bond acceptors (Lipinski definition) is 4. The Morgan fingerprint density at radius 1 is 1.11 bits per heavy atom. The number of hydrogen-bond donors (Lipinski definition) is 2. The topological polar surface area (TPSA) is 70.7 Å². The summed E-state index contributed by atoms with van der Waals surface area (Å²) in [5.74, 6) is -1.13. The molecule has 2 aromatic carbocycles. The highest BCUT2D eigenvalue weighted by atomic mass is 19.1. The SMILES string of the molecule is COCCNC(=O)c1cc(NC(=O)c2cccc(F)c2)ccc1N1CCCC1. The lowest BCUT2D eigenvalue weighted by atomic mass is 10.1. The summed E-state index contributed by atoms with van der Waals surface area (Å²) in [5.41, 5.74) is 2.04. The molecule has 0 spiro atoms. The molecule has 28 heavy (non-hydrogen) atoms. The number of rotatable bonds is 7. The van der Waals surface area contributed by atoms with Crippen molar-refractivity contribution in [3.63, 3.8) is 0 Å². The van der Waals surface area contributed by atoms with Crippen molar-refractivity contribution >= 4 is 23.2 Å². The van der Waals surface area contributed by atoms with Crippen LogP contribution in [0.25, 0.3) is 0 Å².